The Balaban J connectivity index is 1.66. The van der Waals surface area contributed by atoms with Crippen molar-refractivity contribution in [1.82, 2.24) is 10.2 Å². The number of rotatable bonds is 12. The van der Waals surface area contributed by atoms with E-state index in [1.807, 2.05) is 31.2 Å². The van der Waals surface area contributed by atoms with Gasteiger partial charge in [0.15, 0.2) is 11.5 Å². The maximum Gasteiger partial charge on any atom is 0.268 e. The molecule has 11 heteroatoms. The molecule has 1 amide bonds. The highest BCUT2D eigenvalue weighted by Crippen LogP contribution is 2.34. The van der Waals surface area contributed by atoms with Gasteiger partial charge in [0.2, 0.25) is 5.13 Å². The van der Waals surface area contributed by atoms with Gasteiger partial charge < -0.3 is 18.9 Å². The summed E-state index contributed by atoms with van der Waals surface area (Å²) in [5, 5.41) is 21.4. The molecular formula is C25H25IN4O5S. The highest BCUT2D eigenvalue weighted by Gasteiger charge is 2.15. The van der Waals surface area contributed by atoms with Crippen LogP contribution in [0, 0.1) is 14.9 Å². The van der Waals surface area contributed by atoms with E-state index >= 15 is 0 Å². The Morgan fingerprint density at radius 1 is 1.14 bits per heavy atom. The minimum Gasteiger partial charge on any atom is -0.497 e. The SMILES string of the molecule is CCCc1nnc(NC(=O)/C(C#N)=C\c2cc(I)c(OCCOc3cccc(OC)c3)c(OC)c2)s1. The molecule has 0 aliphatic heterocycles. The molecule has 188 valence electrons. The van der Waals surface area contributed by atoms with Gasteiger partial charge in [-0.2, -0.15) is 5.26 Å². The van der Waals surface area contributed by atoms with E-state index in [0.29, 0.717) is 40.3 Å². The summed E-state index contributed by atoms with van der Waals surface area (Å²) < 4.78 is 23.1. The molecule has 3 aromatic rings. The minimum atomic E-state index is -0.555. The van der Waals surface area contributed by atoms with Crippen molar-refractivity contribution >= 4 is 51.0 Å². The first kappa shape index (κ1) is 27.2. The number of nitriles is 1. The van der Waals surface area contributed by atoms with Crippen LogP contribution in [0.4, 0.5) is 5.13 Å². The number of ether oxygens (including phenoxy) is 4. The summed E-state index contributed by atoms with van der Waals surface area (Å²) >= 11 is 3.42. The number of carbonyl (C=O) groups excluding carboxylic acids is 1. The first-order valence-electron chi connectivity index (χ1n) is 11.0. The van der Waals surface area contributed by atoms with Crippen LogP contribution in [0.1, 0.15) is 23.9 Å². The molecule has 1 aromatic heterocycles. The molecule has 1 heterocycles. The largest absolute Gasteiger partial charge is 0.497 e. The van der Waals surface area contributed by atoms with Gasteiger partial charge in [-0.25, -0.2) is 0 Å². The van der Waals surface area contributed by atoms with E-state index in [0.717, 1.165) is 21.4 Å². The van der Waals surface area contributed by atoms with Gasteiger partial charge >= 0.3 is 0 Å². The Morgan fingerprint density at radius 2 is 1.92 bits per heavy atom. The molecule has 0 atom stereocenters. The Labute approximate surface area is 227 Å². The molecular weight excluding hydrogens is 595 g/mol. The van der Waals surface area contributed by atoms with E-state index in [-0.39, 0.29) is 12.2 Å². The van der Waals surface area contributed by atoms with Gasteiger partial charge in [-0.15, -0.1) is 10.2 Å². The molecule has 2 aromatic carbocycles. The predicted molar refractivity (Wildman–Crippen MR) is 146 cm³/mol. The number of anilines is 1. The number of aromatic nitrogens is 2. The lowest BCUT2D eigenvalue weighted by molar-refractivity contribution is -0.112. The number of carbonyl (C=O) groups is 1. The summed E-state index contributed by atoms with van der Waals surface area (Å²) in [5.74, 6) is 1.85. The maximum atomic E-state index is 12.6. The van der Waals surface area contributed by atoms with Crippen molar-refractivity contribution in [3.05, 3.63) is 56.1 Å². The highest BCUT2D eigenvalue weighted by atomic mass is 127. The molecule has 0 saturated heterocycles. The average Bonchev–Trinajstić information content (AvgIpc) is 3.32. The number of nitrogens with zero attached hydrogens (tertiary/aromatic N) is 3. The number of amides is 1. The molecule has 3 rings (SSSR count). The third-order valence-electron chi connectivity index (χ3n) is 4.72. The Morgan fingerprint density at radius 3 is 2.64 bits per heavy atom. The van der Waals surface area contributed by atoms with Crippen molar-refractivity contribution in [2.75, 3.05) is 32.8 Å². The molecule has 0 radical (unpaired) electrons. The number of benzene rings is 2. The molecule has 0 aliphatic carbocycles. The quantitative estimate of drug-likeness (QED) is 0.129. The Kier molecular flexibility index (Phi) is 10.3. The summed E-state index contributed by atoms with van der Waals surface area (Å²) in [4.78, 5) is 12.6. The van der Waals surface area contributed by atoms with E-state index in [1.54, 1.807) is 25.3 Å². The molecule has 0 bridgehead atoms. The van der Waals surface area contributed by atoms with Crippen LogP contribution >= 0.6 is 33.9 Å². The number of hydrogen-bond acceptors (Lipinski definition) is 9. The molecule has 0 unspecified atom stereocenters. The fourth-order valence-electron chi connectivity index (χ4n) is 3.06. The second-order valence-corrected chi connectivity index (χ2v) is 9.51. The predicted octanol–water partition coefficient (Wildman–Crippen LogP) is 5.12. The zero-order valence-corrected chi connectivity index (χ0v) is 23.0. The third kappa shape index (κ3) is 7.56. The van der Waals surface area contributed by atoms with Crippen LogP contribution in [0.15, 0.2) is 42.0 Å². The summed E-state index contributed by atoms with van der Waals surface area (Å²) in [7, 11) is 3.13. The topological polar surface area (TPSA) is 116 Å². The Bertz CT molecular complexity index is 1270. The molecule has 9 nitrogen and oxygen atoms in total. The number of aryl methyl sites for hydroxylation is 1. The highest BCUT2D eigenvalue weighted by molar-refractivity contribution is 14.1. The normalized spacial score (nSPS) is 10.9. The fourth-order valence-corrected chi connectivity index (χ4v) is 4.67. The van der Waals surface area contributed by atoms with Crippen LogP contribution in [-0.4, -0.2) is 43.5 Å². The van der Waals surface area contributed by atoms with Crippen LogP contribution < -0.4 is 24.3 Å². The molecule has 36 heavy (non-hydrogen) atoms. The standard InChI is InChI=1S/C25H25IN4O5S/c1-4-6-22-29-30-25(36-22)28-24(31)17(15-27)11-16-12-20(26)23(21(13-16)33-3)35-10-9-34-19-8-5-7-18(14-19)32-2/h5,7-8,11-14H,4,6,9-10H2,1-3H3,(H,28,30,31)/b17-11-. The third-order valence-corrected chi connectivity index (χ3v) is 6.42. The smallest absolute Gasteiger partial charge is 0.268 e. The van der Waals surface area contributed by atoms with Crippen molar-refractivity contribution in [1.29, 1.82) is 5.26 Å². The van der Waals surface area contributed by atoms with Gasteiger partial charge in [-0.1, -0.05) is 24.3 Å². The van der Waals surface area contributed by atoms with Crippen LogP contribution in [0.3, 0.4) is 0 Å². The van der Waals surface area contributed by atoms with Crippen molar-refractivity contribution < 1.29 is 23.7 Å². The summed E-state index contributed by atoms with van der Waals surface area (Å²) in [5.41, 5.74) is 0.548. The first-order valence-corrected chi connectivity index (χ1v) is 12.9. The number of hydrogen-bond donors (Lipinski definition) is 1. The second-order valence-electron chi connectivity index (χ2n) is 7.28. The first-order chi connectivity index (χ1) is 17.5. The monoisotopic (exact) mass is 620 g/mol. The zero-order valence-electron chi connectivity index (χ0n) is 20.0. The molecule has 0 saturated carbocycles. The van der Waals surface area contributed by atoms with Crippen LogP contribution in [-0.2, 0) is 11.2 Å². The molecule has 1 N–H and O–H groups in total. The van der Waals surface area contributed by atoms with Gasteiger partial charge in [0.1, 0.15) is 41.4 Å². The van der Waals surface area contributed by atoms with Crippen molar-refractivity contribution in [2.45, 2.75) is 19.8 Å². The van der Waals surface area contributed by atoms with E-state index in [9.17, 15) is 10.1 Å². The number of halogens is 1. The van der Waals surface area contributed by atoms with Gasteiger partial charge in [-0.3, -0.25) is 10.1 Å². The van der Waals surface area contributed by atoms with Crippen LogP contribution in [0.2, 0.25) is 0 Å². The fraction of sp³-hybridized carbons (Fsp3) is 0.280. The van der Waals surface area contributed by atoms with Gasteiger partial charge in [-0.05, 0) is 64.9 Å². The van der Waals surface area contributed by atoms with E-state index in [1.165, 1.54) is 24.5 Å². The maximum absolute atomic E-state index is 12.6. The molecule has 0 aliphatic rings. The van der Waals surface area contributed by atoms with E-state index in [4.69, 9.17) is 18.9 Å². The lowest BCUT2D eigenvalue weighted by atomic mass is 10.1. The van der Waals surface area contributed by atoms with Crippen LogP contribution in [0.25, 0.3) is 6.08 Å². The van der Waals surface area contributed by atoms with Crippen molar-refractivity contribution in [3.8, 4) is 29.1 Å². The minimum absolute atomic E-state index is 0.0690. The average molecular weight is 620 g/mol. The Hall–Kier alpha value is -3.37. The van der Waals surface area contributed by atoms with E-state index < -0.39 is 5.91 Å². The summed E-state index contributed by atoms with van der Waals surface area (Å²) in [6.07, 6.45) is 3.21. The summed E-state index contributed by atoms with van der Waals surface area (Å²) in [6, 6.07) is 12.8. The van der Waals surface area contributed by atoms with Gasteiger partial charge in [0.25, 0.3) is 5.91 Å². The summed E-state index contributed by atoms with van der Waals surface area (Å²) in [6.45, 7) is 2.64. The van der Waals surface area contributed by atoms with Gasteiger partial charge in [0, 0.05) is 12.5 Å². The molecule has 0 spiro atoms. The van der Waals surface area contributed by atoms with Crippen LogP contribution in [0.5, 0.6) is 23.0 Å². The second kappa shape index (κ2) is 13.6. The number of methoxy groups -OCH3 is 2. The number of nitrogens with one attached hydrogen (secondary N) is 1. The lowest BCUT2D eigenvalue weighted by Crippen LogP contribution is -2.13. The molecule has 0 fully saturated rings. The van der Waals surface area contributed by atoms with Gasteiger partial charge in [0.05, 0.1) is 17.8 Å². The zero-order chi connectivity index (χ0) is 25.9. The van der Waals surface area contributed by atoms with Crippen molar-refractivity contribution in [3.63, 3.8) is 0 Å². The lowest BCUT2D eigenvalue weighted by Gasteiger charge is -2.14. The van der Waals surface area contributed by atoms with E-state index in [2.05, 4.69) is 38.1 Å². The van der Waals surface area contributed by atoms with Crippen molar-refractivity contribution in [2.24, 2.45) is 0 Å².